The van der Waals surface area contributed by atoms with Crippen LogP contribution >= 0.6 is 0 Å². The van der Waals surface area contributed by atoms with E-state index in [2.05, 4.69) is 24.1 Å². The van der Waals surface area contributed by atoms with E-state index in [1.54, 1.807) is 7.11 Å². The lowest BCUT2D eigenvalue weighted by Crippen LogP contribution is -2.26. The third-order valence-electron chi connectivity index (χ3n) is 2.62. The van der Waals surface area contributed by atoms with Crippen molar-refractivity contribution < 1.29 is 4.74 Å². The van der Waals surface area contributed by atoms with Crippen LogP contribution in [0.4, 0.5) is 0 Å². The first-order valence-corrected chi connectivity index (χ1v) is 4.64. The van der Waals surface area contributed by atoms with Crippen molar-refractivity contribution in [2.75, 3.05) is 20.7 Å². The average Bonchev–Trinajstić information content (AvgIpc) is 2.16. The molecule has 0 saturated heterocycles. The molecule has 1 heterocycles. The van der Waals surface area contributed by atoms with Gasteiger partial charge in [0, 0.05) is 13.1 Å². The van der Waals surface area contributed by atoms with Crippen molar-refractivity contribution in [2.24, 2.45) is 0 Å². The lowest BCUT2D eigenvalue weighted by atomic mass is 10.00. The minimum atomic E-state index is 0.967. The van der Waals surface area contributed by atoms with Crippen molar-refractivity contribution in [3.05, 3.63) is 29.3 Å². The topological polar surface area (TPSA) is 12.5 Å². The number of rotatable bonds is 1. The Bertz CT molecular complexity index is 309. The van der Waals surface area contributed by atoms with E-state index in [4.69, 9.17) is 4.74 Å². The first-order valence-electron chi connectivity index (χ1n) is 4.64. The number of methoxy groups -OCH3 is 1. The molecule has 2 rings (SSSR count). The van der Waals surface area contributed by atoms with E-state index in [1.165, 1.54) is 17.7 Å². The van der Waals surface area contributed by atoms with Crippen LogP contribution in [0.2, 0.25) is 0 Å². The highest BCUT2D eigenvalue weighted by Crippen LogP contribution is 2.22. The van der Waals surface area contributed by atoms with Crippen LogP contribution in [0.15, 0.2) is 18.2 Å². The molecule has 0 aromatic heterocycles. The number of hydrogen-bond donors (Lipinski definition) is 0. The number of fused-ring (bicyclic) bond motifs is 1. The minimum Gasteiger partial charge on any atom is -0.497 e. The second-order valence-electron chi connectivity index (χ2n) is 3.62. The zero-order chi connectivity index (χ0) is 9.26. The summed E-state index contributed by atoms with van der Waals surface area (Å²) in [6.07, 6.45) is 1.16. The van der Waals surface area contributed by atoms with Gasteiger partial charge in [0.2, 0.25) is 0 Å². The van der Waals surface area contributed by atoms with Crippen LogP contribution < -0.4 is 4.74 Å². The van der Waals surface area contributed by atoms with Gasteiger partial charge in [-0.15, -0.1) is 0 Å². The van der Waals surface area contributed by atoms with Crippen LogP contribution in [-0.2, 0) is 13.0 Å². The molecule has 0 saturated carbocycles. The van der Waals surface area contributed by atoms with Gasteiger partial charge < -0.3 is 9.64 Å². The van der Waals surface area contributed by atoms with Crippen molar-refractivity contribution in [3.63, 3.8) is 0 Å². The summed E-state index contributed by atoms with van der Waals surface area (Å²) in [5.74, 6) is 0.967. The van der Waals surface area contributed by atoms with Crippen LogP contribution in [-0.4, -0.2) is 25.6 Å². The van der Waals surface area contributed by atoms with Gasteiger partial charge in [0.1, 0.15) is 5.75 Å². The predicted molar refractivity (Wildman–Crippen MR) is 53.0 cm³/mol. The van der Waals surface area contributed by atoms with E-state index in [0.29, 0.717) is 0 Å². The van der Waals surface area contributed by atoms with Gasteiger partial charge in [-0.2, -0.15) is 0 Å². The monoisotopic (exact) mass is 177 g/mol. The Balaban J connectivity index is 2.32. The Hall–Kier alpha value is -1.02. The van der Waals surface area contributed by atoms with Gasteiger partial charge >= 0.3 is 0 Å². The number of likely N-dealkylation sites (N-methyl/N-ethyl adjacent to an activating group) is 1. The van der Waals surface area contributed by atoms with Gasteiger partial charge in [-0.05, 0) is 36.7 Å². The van der Waals surface area contributed by atoms with Crippen LogP contribution in [0, 0.1) is 0 Å². The molecule has 1 aliphatic heterocycles. The SMILES string of the molecule is COc1ccc2c(c1)CN(C)CC2. The highest BCUT2D eigenvalue weighted by molar-refractivity contribution is 5.36. The third-order valence-corrected chi connectivity index (χ3v) is 2.62. The van der Waals surface area contributed by atoms with E-state index >= 15 is 0 Å². The lowest BCUT2D eigenvalue weighted by molar-refractivity contribution is 0.311. The lowest BCUT2D eigenvalue weighted by Gasteiger charge is -2.25. The number of nitrogens with zero attached hydrogens (tertiary/aromatic N) is 1. The highest BCUT2D eigenvalue weighted by Gasteiger charge is 2.12. The van der Waals surface area contributed by atoms with E-state index < -0.39 is 0 Å². The molecule has 1 aromatic carbocycles. The Kier molecular flexibility index (Phi) is 2.23. The molecule has 2 heteroatoms. The number of ether oxygens (including phenoxy) is 1. The largest absolute Gasteiger partial charge is 0.497 e. The van der Waals surface area contributed by atoms with Gasteiger partial charge in [0.25, 0.3) is 0 Å². The molecule has 0 atom stereocenters. The van der Waals surface area contributed by atoms with Crippen molar-refractivity contribution in [2.45, 2.75) is 13.0 Å². The maximum atomic E-state index is 5.20. The van der Waals surface area contributed by atoms with Gasteiger partial charge in [0.05, 0.1) is 7.11 Å². The van der Waals surface area contributed by atoms with Crippen LogP contribution in [0.1, 0.15) is 11.1 Å². The van der Waals surface area contributed by atoms with Crippen LogP contribution in [0.3, 0.4) is 0 Å². The van der Waals surface area contributed by atoms with E-state index in [1.807, 2.05) is 6.07 Å². The predicted octanol–water partition coefficient (Wildman–Crippen LogP) is 1.68. The molecule has 0 fully saturated rings. The molecule has 0 N–H and O–H groups in total. The quantitative estimate of drug-likeness (QED) is 0.647. The molecular formula is C11H15NO. The smallest absolute Gasteiger partial charge is 0.119 e. The molecule has 1 aliphatic rings. The van der Waals surface area contributed by atoms with Crippen LogP contribution in [0.25, 0.3) is 0 Å². The second-order valence-corrected chi connectivity index (χ2v) is 3.62. The number of benzene rings is 1. The molecule has 0 bridgehead atoms. The minimum absolute atomic E-state index is 0.967. The highest BCUT2D eigenvalue weighted by atomic mass is 16.5. The summed E-state index contributed by atoms with van der Waals surface area (Å²) < 4.78 is 5.20. The standard InChI is InChI=1S/C11H15NO/c1-12-6-5-9-3-4-11(13-2)7-10(9)8-12/h3-4,7H,5-6,8H2,1-2H3. The summed E-state index contributed by atoms with van der Waals surface area (Å²) in [6, 6.07) is 6.37. The molecular weight excluding hydrogens is 162 g/mol. The third kappa shape index (κ3) is 1.68. The molecule has 0 amide bonds. The van der Waals surface area contributed by atoms with Gasteiger partial charge in [-0.25, -0.2) is 0 Å². The first-order chi connectivity index (χ1) is 6.29. The normalized spacial score (nSPS) is 16.8. The fourth-order valence-corrected chi connectivity index (χ4v) is 1.80. The molecule has 0 unspecified atom stereocenters. The zero-order valence-electron chi connectivity index (χ0n) is 8.21. The fraction of sp³-hybridized carbons (Fsp3) is 0.455. The molecule has 2 nitrogen and oxygen atoms in total. The summed E-state index contributed by atoms with van der Waals surface area (Å²) in [4.78, 5) is 2.34. The Morgan fingerprint density at radius 2 is 2.15 bits per heavy atom. The maximum Gasteiger partial charge on any atom is 0.119 e. The average molecular weight is 177 g/mol. The van der Waals surface area contributed by atoms with E-state index in [0.717, 1.165) is 18.7 Å². The molecule has 13 heavy (non-hydrogen) atoms. The zero-order valence-corrected chi connectivity index (χ0v) is 8.21. The van der Waals surface area contributed by atoms with Gasteiger partial charge in [0.15, 0.2) is 0 Å². The molecule has 1 aromatic rings. The Morgan fingerprint density at radius 1 is 1.31 bits per heavy atom. The maximum absolute atomic E-state index is 5.20. The second kappa shape index (κ2) is 3.38. The van der Waals surface area contributed by atoms with Gasteiger partial charge in [-0.1, -0.05) is 6.07 Å². The van der Waals surface area contributed by atoms with E-state index in [9.17, 15) is 0 Å². The molecule has 70 valence electrons. The van der Waals surface area contributed by atoms with Crippen molar-refractivity contribution in [1.82, 2.24) is 4.90 Å². The summed E-state index contributed by atoms with van der Waals surface area (Å²) >= 11 is 0. The Labute approximate surface area is 79.1 Å². The summed E-state index contributed by atoms with van der Waals surface area (Å²) in [7, 11) is 3.87. The summed E-state index contributed by atoms with van der Waals surface area (Å²) in [5, 5.41) is 0. The summed E-state index contributed by atoms with van der Waals surface area (Å²) in [5.41, 5.74) is 2.88. The van der Waals surface area contributed by atoms with Crippen molar-refractivity contribution in [1.29, 1.82) is 0 Å². The number of hydrogen-bond acceptors (Lipinski definition) is 2. The summed E-state index contributed by atoms with van der Waals surface area (Å²) in [6.45, 7) is 2.21. The Morgan fingerprint density at radius 3 is 2.92 bits per heavy atom. The van der Waals surface area contributed by atoms with E-state index in [-0.39, 0.29) is 0 Å². The van der Waals surface area contributed by atoms with Crippen molar-refractivity contribution >= 4 is 0 Å². The van der Waals surface area contributed by atoms with Crippen LogP contribution in [0.5, 0.6) is 5.75 Å². The molecule has 0 radical (unpaired) electrons. The fourth-order valence-electron chi connectivity index (χ4n) is 1.80. The molecule has 0 spiro atoms. The molecule has 0 aliphatic carbocycles. The first kappa shape index (κ1) is 8.57. The van der Waals surface area contributed by atoms with Gasteiger partial charge in [-0.3, -0.25) is 0 Å². The van der Waals surface area contributed by atoms with Crippen molar-refractivity contribution in [3.8, 4) is 5.75 Å².